The molecule has 0 bridgehead atoms. The van der Waals surface area contributed by atoms with Crippen LogP contribution in [-0.2, 0) is 28.6 Å². The van der Waals surface area contributed by atoms with Crippen molar-refractivity contribution in [2.75, 3.05) is 13.2 Å². The van der Waals surface area contributed by atoms with Crippen LogP contribution in [0.1, 0.15) is 367 Å². The summed E-state index contributed by atoms with van der Waals surface area (Å²) < 4.78 is 17.0. The van der Waals surface area contributed by atoms with Crippen LogP contribution in [0.15, 0.2) is 12.2 Å². The van der Waals surface area contributed by atoms with E-state index in [9.17, 15) is 14.4 Å². The SMILES string of the molecule is CCCCCCCC/C=C\CCCCCCCCCCCC(=O)OC(COC(=O)CCCCCCCCCCCCCCCC)COC(=O)CCCCCCCCCCCCCCCCCCCCCC. The minimum absolute atomic E-state index is 0.0641. The van der Waals surface area contributed by atoms with Gasteiger partial charge in [-0.3, -0.25) is 14.4 Å². The number of allylic oxidation sites excluding steroid dienone is 2. The zero-order valence-electron chi connectivity index (χ0n) is 48.3. The van der Waals surface area contributed by atoms with Crippen LogP contribution >= 0.6 is 0 Å². The normalized spacial score (nSPS) is 12.0. The second-order valence-corrected chi connectivity index (χ2v) is 22.0. The fourth-order valence-corrected chi connectivity index (χ4v) is 9.91. The van der Waals surface area contributed by atoms with Crippen molar-refractivity contribution in [2.24, 2.45) is 0 Å². The third-order valence-corrected chi connectivity index (χ3v) is 14.8. The second-order valence-electron chi connectivity index (χ2n) is 22.0. The Labute approximate surface area is 443 Å². The molecule has 0 aliphatic rings. The lowest BCUT2D eigenvalue weighted by atomic mass is 10.0. The molecule has 0 spiro atoms. The molecule has 0 aliphatic heterocycles. The van der Waals surface area contributed by atoms with Crippen molar-refractivity contribution in [3.63, 3.8) is 0 Å². The van der Waals surface area contributed by atoms with E-state index in [0.29, 0.717) is 19.3 Å². The minimum Gasteiger partial charge on any atom is -0.462 e. The molecule has 0 saturated heterocycles. The number of rotatable bonds is 60. The molecule has 0 aromatic rings. The molecule has 0 N–H and O–H groups in total. The number of hydrogen-bond acceptors (Lipinski definition) is 6. The lowest BCUT2D eigenvalue weighted by molar-refractivity contribution is -0.167. The van der Waals surface area contributed by atoms with Crippen molar-refractivity contribution in [3.8, 4) is 0 Å². The van der Waals surface area contributed by atoms with E-state index in [-0.39, 0.29) is 31.1 Å². The molecule has 0 heterocycles. The molecule has 71 heavy (non-hydrogen) atoms. The molecule has 1 atom stereocenters. The fourth-order valence-electron chi connectivity index (χ4n) is 9.91. The van der Waals surface area contributed by atoms with Crippen molar-refractivity contribution >= 4 is 17.9 Å². The zero-order chi connectivity index (χ0) is 51.4. The molecule has 0 aromatic carbocycles. The van der Waals surface area contributed by atoms with Gasteiger partial charge in [-0.1, -0.05) is 315 Å². The van der Waals surface area contributed by atoms with Crippen molar-refractivity contribution in [3.05, 3.63) is 12.2 Å². The van der Waals surface area contributed by atoms with Crippen molar-refractivity contribution in [2.45, 2.75) is 374 Å². The van der Waals surface area contributed by atoms with Crippen molar-refractivity contribution in [1.82, 2.24) is 0 Å². The summed E-state index contributed by atoms with van der Waals surface area (Å²) in [6, 6.07) is 0. The highest BCUT2D eigenvalue weighted by Gasteiger charge is 2.19. The maximum Gasteiger partial charge on any atom is 0.306 e. The van der Waals surface area contributed by atoms with Gasteiger partial charge in [0.15, 0.2) is 6.10 Å². The molecular formula is C65H124O6. The molecule has 0 amide bonds. The molecule has 0 radical (unpaired) electrons. The van der Waals surface area contributed by atoms with Gasteiger partial charge in [-0.25, -0.2) is 0 Å². The summed E-state index contributed by atoms with van der Waals surface area (Å²) in [5.41, 5.74) is 0. The van der Waals surface area contributed by atoms with E-state index in [1.54, 1.807) is 0 Å². The summed E-state index contributed by atoms with van der Waals surface area (Å²) >= 11 is 0. The summed E-state index contributed by atoms with van der Waals surface area (Å²) in [6.45, 7) is 6.71. The first-order chi connectivity index (χ1) is 35.0. The van der Waals surface area contributed by atoms with E-state index < -0.39 is 6.10 Å². The highest BCUT2D eigenvalue weighted by molar-refractivity contribution is 5.71. The maximum absolute atomic E-state index is 12.9. The first kappa shape index (κ1) is 69.2. The maximum atomic E-state index is 12.9. The number of unbranched alkanes of at least 4 members (excludes halogenated alkanes) is 47. The van der Waals surface area contributed by atoms with Gasteiger partial charge < -0.3 is 14.2 Å². The molecule has 0 saturated carbocycles. The Morgan fingerprint density at radius 3 is 0.704 bits per heavy atom. The smallest absolute Gasteiger partial charge is 0.306 e. The van der Waals surface area contributed by atoms with Crippen LogP contribution in [0.25, 0.3) is 0 Å². The van der Waals surface area contributed by atoms with Crippen LogP contribution in [0.3, 0.4) is 0 Å². The Balaban J connectivity index is 4.28. The van der Waals surface area contributed by atoms with Gasteiger partial charge in [-0.15, -0.1) is 0 Å². The lowest BCUT2D eigenvalue weighted by Crippen LogP contribution is -2.30. The van der Waals surface area contributed by atoms with Gasteiger partial charge in [-0.05, 0) is 44.9 Å². The van der Waals surface area contributed by atoms with Crippen LogP contribution in [0, 0.1) is 0 Å². The molecule has 0 fully saturated rings. The Kier molecular flexibility index (Phi) is 59.1. The Morgan fingerprint density at radius 1 is 0.268 bits per heavy atom. The summed E-state index contributed by atoms with van der Waals surface area (Å²) in [6.07, 6.45) is 70.7. The third kappa shape index (κ3) is 58.9. The molecule has 6 heteroatoms. The van der Waals surface area contributed by atoms with Crippen molar-refractivity contribution in [1.29, 1.82) is 0 Å². The summed E-state index contributed by atoms with van der Waals surface area (Å²) in [5.74, 6) is -0.835. The highest BCUT2D eigenvalue weighted by atomic mass is 16.6. The second kappa shape index (κ2) is 60.7. The molecule has 420 valence electrons. The number of carbonyl (C=O) groups is 3. The zero-order valence-corrected chi connectivity index (χ0v) is 48.3. The molecular weight excluding hydrogens is 877 g/mol. The first-order valence-corrected chi connectivity index (χ1v) is 32.2. The Morgan fingerprint density at radius 2 is 0.465 bits per heavy atom. The Hall–Kier alpha value is -1.85. The molecule has 0 aromatic heterocycles. The van der Waals surface area contributed by atoms with Crippen LogP contribution in [0.2, 0.25) is 0 Å². The van der Waals surface area contributed by atoms with E-state index in [2.05, 4.69) is 32.9 Å². The highest BCUT2D eigenvalue weighted by Crippen LogP contribution is 2.18. The lowest BCUT2D eigenvalue weighted by Gasteiger charge is -2.18. The van der Waals surface area contributed by atoms with Crippen molar-refractivity contribution < 1.29 is 28.6 Å². The number of carbonyl (C=O) groups excluding carboxylic acids is 3. The van der Waals surface area contributed by atoms with E-state index >= 15 is 0 Å². The molecule has 0 rings (SSSR count). The monoisotopic (exact) mass is 1000 g/mol. The number of hydrogen-bond donors (Lipinski definition) is 0. The summed E-state index contributed by atoms with van der Waals surface area (Å²) in [5, 5.41) is 0. The summed E-state index contributed by atoms with van der Waals surface area (Å²) in [4.78, 5) is 38.3. The van der Waals surface area contributed by atoms with Gasteiger partial charge in [0.05, 0.1) is 0 Å². The van der Waals surface area contributed by atoms with Gasteiger partial charge in [-0.2, -0.15) is 0 Å². The van der Waals surface area contributed by atoms with Crippen LogP contribution in [-0.4, -0.2) is 37.2 Å². The standard InChI is InChI=1S/C65H124O6/c1-4-7-10-13-16-19-22-25-28-30-32-34-35-37-40-43-46-49-52-55-58-64(67)70-61-62(60-69-63(66)57-54-51-48-45-42-39-27-24-21-18-15-12-9-6-3)71-65(68)59-56-53-50-47-44-41-38-36-33-31-29-26-23-20-17-14-11-8-5-2/h26,29,62H,4-25,27-28,30-61H2,1-3H3/b29-26-. The average molecular weight is 1000 g/mol. The number of esters is 3. The Bertz CT molecular complexity index is 1100. The topological polar surface area (TPSA) is 78.9 Å². The molecule has 1 unspecified atom stereocenters. The van der Waals surface area contributed by atoms with E-state index in [1.165, 1.54) is 270 Å². The van der Waals surface area contributed by atoms with Gasteiger partial charge in [0.25, 0.3) is 0 Å². The quantitative estimate of drug-likeness (QED) is 0.0261. The average Bonchev–Trinajstić information content (AvgIpc) is 3.37. The third-order valence-electron chi connectivity index (χ3n) is 14.8. The predicted octanol–water partition coefficient (Wildman–Crippen LogP) is 21.7. The van der Waals surface area contributed by atoms with Crippen LogP contribution < -0.4 is 0 Å². The number of ether oxygens (including phenoxy) is 3. The largest absolute Gasteiger partial charge is 0.462 e. The fraction of sp³-hybridized carbons (Fsp3) is 0.923. The van der Waals surface area contributed by atoms with Gasteiger partial charge in [0.2, 0.25) is 0 Å². The van der Waals surface area contributed by atoms with E-state index in [0.717, 1.165) is 57.8 Å². The van der Waals surface area contributed by atoms with Gasteiger partial charge in [0.1, 0.15) is 13.2 Å². The first-order valence-electron chi connectivity index (χ1n) is 32.2. The minimum atomic E-state index is -0.766. The van der Waals surface area contributed by atoms with E-state index in [4.69, 9.17) is 14.2 Å². The molecule has 0 aliphatic carbocycles. The van der Waals surface area contributed by atoms with Gasteiger partial charge in [0, 0.05) is 19.3 Å². The van der Waals surface area contributed by atoms with Crippen LogP contribution in [0.5, 0.6) is 0 Å². The predicted molar refractivity (Wildman–Crippen MR) is 307 cm³/mol. The van der Waals surface area contributed by atoms with Crippen LogP contribution in [0.4, 0.5) is 0 Å². The summed E-state index contributed by atoms with van der Waals surface area (Å²) in [7, 11) is 0. The van der Waals surface area contributed by atoms with E-state index in [1.807, 2.05) is 0 Å². The molecule has 6 nitrogen and oxygen atoms in total. The van der Waals surface area contributed by atoms with Gasteiger partial charge >= 0.3 is 17.9 Å².